The Labute approximate surface area is 277 Å². The fourth-order valence-electron chi connectivity index (χ4n) is 7.29. The first-order chi connectivity index (χ1) is 23.7. The van der Waals surface area contributed by atoms with Gasteiger partial charge in [0.2, 0.25) is 0 Å². The molecule has 0 fully saturated rings. The van der Waals surface area contributed by atoms with Crippen LogP contribution in [-0.2, 0) is 0 Å². The van der Waals surface area contributed by atoms with Crippen molar-refractivity contribution in [3.05, 3.63) is 169 Å². The molecule has 0 unspecified atom stereocenters. The van der Waals surface area contributed by atoms with Crippen molar-refractivity contribution in [2.75, 3.05) is 0 Å². The molecule has 4 heteroatoms. The van der Waals surface area contributed by atoms with Crippen molar-refractivity contribution in [1.29, 1.82) is 10.5 Å². The third kappa shape index (κ3) is 4.07. The van der Waals surface area contributed by atoms with Crippen LogP contribution < -0.4 is 0 Å². The van der Waals surface area contributed by atoms with Crippen LogP contribution in [0.2, 0.25) is 0 Å². The van der Waals surface area contributed by atoms with Crippen molar-refractivity contribution < 1.29 is 0 Å². The monoisotopic (exact) mass is 610 g/mol. The minimum atomic E-state index is 0.624. The lowest BCUT2D eigenvalue weighted by Gasteiger charge is -2.15. The van der Waals surface area contributed by atoms with E-state index in [-0.39, 0.29) is 0 Å². The van der Waals surface area contributed by atoms with Crippen molar-refractivity contribution in [3.8, 4) is 45.8 Å². The van der Waals surface area contributed by atoms with Crippen LogP contribution in [0.5, 0.6) is 0 Å². The van der Waals surface area contributed by atoms with Gasteiger partial charge in [0.25, 0.3) is 0 Å². The average molecular weight is 611 g/mol. The Kier molecular flexibility index (Phi) is 6.22. The smallest absolute Gasteiger partial charge is 0.101 e. The highest BCUT2D eigenvalue weighted by molar-refractivity contribution is 6.12. The van der Waals surface area contributed by atoms with Gasteiger partial charge in [-0.15, -0.1) is 0 Å². The molecule has 222 valence electrons. The van der Waals surface area contributed by atoms with Crippen LogP contribution in [-0.4, -0.2) is 9.13 Å². The lowest BCUT2D eigenvalue weighted by molar-refractivity contribution is 1.17. The summed E-state index contributed by atoms with van der Waals surface area (Å²) in [6.07, 6.45) is 0. The molecule has 2 aromatic heterocycles. The zero-order valence-corrected chi connectivity index (χ0v) is 25.8. The highest BCUT2D eigenvalue weighted by atomic mass is 15.0. The molecule has 9 rings (SSSR count). The highest BCUT2D eigenvalue weighted by Gasteiger charge is 2.19. The molecule has 0 saturated heterocycles. The predicted octanol–water partition coefficient (Wildman–Crippen LogP) is 11.0. The van der Waals surface area contributed by atoms with E-state index in [1.165, 1.54) is 0 Å². The minimum absolute atomic E-state index is 0.624. The van der Waals surface area contributed by atoms with Crippen LogP contribution in [0.3, 0.4) is 0 Å². The Morgan fingerprint density at radius 3 is 1.56 bits per heavy atom. The van der Waals surface area contributed by atoms with E-state index < -0.39 is 0 Å². The predicted molar refractivity (Wildman–Crippen MR) is 195 cm³/mol. The largest absolute Gasteiger partial charge is 0.308 e. The maximum absolute atomic E-state index is 10.2. The summed E-state index contributed by atoms with van der Waals surface area (Å²) < 4.78 is 4.43. The second-order valence-corrected chi connectivity index (χ2v) is 12.0. The van der Waals surface area contributed by atoms with E-state index in [0.29, 0.717) is 11.1 Å². The lowest BCUT2D eigenvalue weighted by atomic mass is 9.98. The molecule has 48 heavy (non-hydrogen) atoms. The van der Waals surface area contributed by atoms with Crippen LogP contribution >= 0.6 is 0 Å². The van der Waals surface area contributed by atoms with Crippen LogP contribution in [0.25, 0.3) is 77.2 Å². The zero-order chi connectivity index (χ0) is 32.2. The summed E-state index contributed by atoms with van der Waals surface area (Å²) >= 11 is 0. The molecular weight excluding hydrogens is 585 g/mol. The van der Waals surface area contributed by atoms with Crippen molar-refractivity contribution in [2.24, 2.45) is 0 Å². The highest BCUT2D eigenvalue weighted by Crippen LogP contribution is 2.39. The SMILES string of the molecule is N#Cc1ccc(-c2ccc(-c3ccccc3-n3c4ccccc4c4cccc(C#N)c43)cc2)cc1-n1c2ccccc2c2ccccc21. The van der Waals surface area contributed by atoms with Gasteiger partial charge in [-0.3, -0.25) is 0 Å². The molecular formula is C44H26N4. The molecule has 0 spiro atoms. The van der Waals surface area contributed by atoms with Crippen LogP contribution in [0.1, 0.15) is 11.1 Å². The molecule has 0 aliphatic rings. The summed E-state index contributed by atoms with van der Waals surface area (Å²) in [7, 11) is 0. The topological polar surface area (TPSA) is 57.4 Å². The second-order valence-electron chi connectivity index (χ2n) is 12.0. The van der Waals surface area contributed by atoms with Gasteiger partial charge in [0.05, 0.1) is 44.6 Å². The third-order valence-corrected chi connectivity index (χ3v) is 9.43. The molecule has 9 aromatic rings. The van der Waals surface area contributed by atoms with Crippen molar-refractivity contribution >= 4 is 43.6 Å². The zero-order valence-electron chi connectivity index (χ0n) is 25.8. The van der Waals surface area contributed by atoms with E-state index in [1.807, 2.05) is 48.5 Å². The van der Waals surface area contributed by atoms with Gasteiger partial charge in [-0.2, -0.15) is 10.5 Å². The number of fused-ring (bicyclic) bond motifs is 6. The molecule has 0 aliphatic carbocycles. The van der Waals surface area contributed by atoms with Crippen LogP contribution in [0, 0.1) is 22.7 Å². The number of hydrogen-bond donors (Lipinski definition) is 0. The number of rotatable bonds is 4. The fourth-order valence-corrected chi connectivity index (χ4v) is 7.29. The molecule has 0 aliphatic heterocycles. The van der Waals surface area contributed by atoms with E-state index >= 15 is 0 Å². The number of benzene rings is 7. The first-order valence-electron chi connectivity index (χ1n) is 15.9. The Morgan fingerprint density at radius 1 is 0.375 bits per heavy atom. The van der Waals surface area contributed by atoms with Crippen molar-refractivity contribution in [1.82, 2.24) is 9.13 Å². The van der Waals surface area contributed by atoms with Gasteiger partial charge in [0, 0.05) is 27.1 Å². The average Bonchev–Trinajstić information content (AvgIpc) is 3.68. The normalized spacial score (nSPS) is 11.3. The molecule has 0 atom stereocenters. The molecule has 4 nitrogen and oxygen atoms in total. The van der Waals surface area contributed by atoms with Gasteiger partial charge < -0.3 is 9.13 Å². The Morgan fingerprint density at radius 2 is 0.896 bits per heavy atom. The van der Waals surface area contributed by atoms with Gasteiger partial charge in [0.15, 0.2) is 0 Å². The van der Waals surface area contributed by atoms with Crippen LogP contribution in [0.4, 0.5) is 0 Å². The van der Waals surface area contributed by atoms with Gasteiger partial charge in [-0.1, -0.05) is 115 Å². The quantitative estimate of drug-likeness (QED) is 0.199. The standard InChI is InChI=1S/C44H26N4/c45-27-32-25-24-31(26-43(32)47-40-17-6-2-12-35(40)36-13-3-7-18-41(36)47)29-20-22-30(23-21-29)34-11-1-5-16-39(34)48-42-19-8-4-14-37(42)38-15-9-10-33(28-46)44(38)48/h1-26H. The molecule has 0 radical (unpaired) electrons. The number of para-hydroxylation sites is 5. The number of nitriles is 2. The van der Waals surface area contributed by atoms with Gasteiger partial charge in [0.1, 0.15) is 12.1 Å². The Balaban J connectivity index is 1.18. The van der Waals surface area contributed by atoms with Crippen LogP contribution in [0.15, 0.2) is 158 Å². The molecule has 2 heterocycles. The van der Waals surface area contributed by atoms with Gasteiger partial charge in [-0.25, -0.2) is 0 Å². The van der Waals surface area contributed by atoms with Crippen molar-refractivity contribution in [3.63, 3.8) is 0 Å². The van der Waals surface area contributed by atoms with E-state index in [9.17, 15) is 10.5 Å². The second kappa shape index (κ2) is 10.9. The van der Waals surface area contributed by atoms with Gasteiger partial charge >= 0.3 is 0 Å². The number of hydrogen-bond acceptors (Lipinski definition) is 2. The maximum atomic E-state index is 10.2. The summed E-state index contributed by atoms with van der Waals surface area (Å²) in [6.45, 7) is 0. The Bertz CT molecular complexity index is 2750. The lowest BCUT2D eigenvalue weighted by Crippen LogP contribution is -1.99. The fraction of sp³-hybridized carbons (Fsp3) is 0. The molecule has 0 saturated carbocycles. The molecule has 0 bridgehead atoms. The number of aromatic nitrogens is 2. The molecule has 0 N–H and O–H groups in total. The summed E-state index contributed by atoms with van der Waals surface area (Å²) in [5.74, 6) is 0. The Hall–Kier alpha value is -6.88. The van der Waals surface area contributed by atoms with E-state index in [4.69, 9.17) is 0 Å². The maximum Gasteiger partial charge on any atom is 0.101 e. The first-order valence-corrected chi connectivity index (χ1v) is 15.9. The van der Waals surface area contributed by atoms with Crippen molar-refractivity contribution in [2.45, 2.75) is 0 Å². The number of nitrogens with zero attached hydrogens (tertiary/aromatic N) is 4. The van der Waals surface area contributed by atoms with E-state index in [1.54, 1.807) is 0 Å². The van der Waals surface area contributed by atoms with Gasteiger partial charge in [-0.05, 0) is 59.2 Å². The molecule has 0 amide bonds. The minimum Gasteiger partial charge on any atom is -0.308 e. The molecule has 7 aromatic carbocycles. The summed E-state index contributed by atoms with van der Waals surface area (Å²) in [6, 6.07) is 58.9. The summed E-state index contributed by atoms with van der Waals surface area (Å²) in [5, 5.41) is 24.8. The summed E-state index contributed by atoms with van der Waals surface area (Å²) in [5.41, 5.74) is 11.5. The first kappa shape index (κ1) is 27.4. The van der Waals surface area contributed by atoms with E-state index in [0.717, 1.165) is 77.2 Å². The third-order valence-electron chi connectivity index (χ3n) is 9.43. The summed E-state index contributed by atoms with van der Waals surface area (Å²) in [4.78, 5) is 0. The van der Waals surface area contributed by atoms with E-state index in [2.05, 4.69) is 130 Å².